The highest BCUT2D eigenvalue weighted by atomic mass is 16.6. The minimum absolute atomic E-state index is 0.300. The number of amides is 1. The molecule has 1 saturated carbocycles. The molecule has 2 rings (SSSR count). The molecular formula is C15H25NO4. The molecule has 1 aliphatic carbocycles. The van der Waals surface area contributed by atoms with Gasteiger partial charge in [-0.25, -0.2) is 9.59 Å². The minimum Gasteiger partial charge on any atom is -0.480 e. The Morgan fingerprint density at radius 2 is 1.90 bits per heavy atom. The monoisotopic (exact) mass is 283 g/mol. The third kappa shape index (κ3) is 3.64. The summed E-state index contributed by atoms with van der Waals surface area (Å²) in [6.07, 6.45) is 4.89. The van der Waals surface area contributed by atoms with Crippen LogP contribution in [0.15, 0.2) is 0 Å². The zero-order chi connectivity index (χ0) is 14.9. The van der Waals surface area contributed by atoms with Crippen LogP contribution in [0.1, 0.15) is 52.9 Å². The molecule has 1 saturated heterocycles. The average molecular weight is 283 g/mol. The van der Waals surface area contributed by atoms with E-state index in [2.05, 4.69) is 0 Å². The van der Waals surface area contributed by atoms with E-state index in [1.165, 1.54) is 24.2 Å². The first-order chi connectivity index (χ1) is 9.26. The Morgan fingerprint density at radius 1 is 1.25 bits per heavy atom. The van der Waals surface area contributed by atoms with Crippen molar-refractivity contribution in [2.24, 2.45) is 11.8 Å². The predicted octanol–water partition coefficient (Wildman–Crippen LogP) is 2.89. The van der Waals surface area contributed by atoms with Crippen LogP contribution in [-0.2, 0) is 9.53 Å². The van der Waals surface area contributed by atoms with E-state index in [0.29, 0.717) is 18.9 Å². The molecule has 0 spiro atoms. The van der Waals surface area contributed by atoms with Crippen molar-refractivity contribution in [1.82, 2.24) is 4.90 Å². The molecule has 1 aliphatic heterocycles. The second-order valence-corrected chi connectivity index (χ2v) is 7.12. The third-order valence-electron chi connectivity index (χ3n) is 4.19. The zero-order valence-corrected chi connectivity index (χ0v) is 12.6. The molecule has 2 atom stereocenters. The van der Waals surface area contributed by atoms with Crippen molar-refractivity contribution in [1.29, 1.82) is 0 Å². The van der Waals surface area contributed by atoms with Crippen LogP contribution in [0.4, 0.5) is 4.79 Å². The van der Waals surface area contributed by atoms with Gasteiger partial charge in [0, 0.05) is 6.54 Å². The maximum absolute atomic E-state index is 12.1. The number of carbonyl (C=O) groups excluding carboxylic acids is 1. The van der Waals surface area contributed by atoms with Gasteiger partial charge in [0.2, 0.25) is 0 Å². The molecule has 5 heteroatoms. The zero-order valence-electron chi connectivity index (χ0n) is 12.6. The van der Waals surface area contributed by atoms with Gasteiger partial charge in [-0.3, -0.25) is 4.90 Å². The topological polar surface area (TPSA) is 66.8 Å². The van der Waals surface area contributed by atoms with E-state index in [4.69, 9.17) is 4.74 Å². The molecule has 2 aliphatic rings. The second kappa shape index (κ2) is 5.62. The average Bonchev–Trinajstić information content (AvgIpc) is 2.65. The first-order valence-corrected chi connectivity index (χ1v) is 7.48. The van der Waals surface area contributed by atoms with Gasteiger partial charge in [-0.15, -0.1) is 0 Å². The Kier molecular flexibility index (Phi) is 4.25. The maximum atomic E-state index is 12.1. The highest BCUT2D eigenvalue weighted by Crippen LogP contribution is 2.37. The molecule has 20 heavy (non-hydrogen) atoms. The van der Waals surface area contributed by atoms with Gasteiger partial charge in [-0.05, 0) is 45.4 Å². The van der Waals surface area contributed by atoms with Crippen LogP contribution in [0.2, 0.25) is 0 Å². The van der Waals surface area contributed by atoms with E-state index in [9.17, 15) is 14.7 Å². The number of likely N-dealkylation sites (tertiary alicyclic amines) is 1. The van der Waals surface area contributed by atoms with Crippen LogP contribution in [0, 0.1) is 11.8 Å². The summed E-state index contributed by atoms with van der Waals surface area (Å²) >= 11 is 0. The summed E-state index contributed by atoms with van der Waals surface area (Å²) in [6, 6.07) is -0.727. The number of rotatable bonds is 3. The lowest BCUT2D eigenvalue weighted by molar-refractivity contribution is -0.142. The smallest absolute Gasteiger partial charge is 0.411 e. The van der Waals surface area contributed by atoms with E-state index < -0.39 is 23.7 Å². The van der Waals surface area contributed by atoms with E-state index in [0.717, 1.165) is 12.3 Å². The lowest BCUT2D eigenvalue weighted by atomic mass is 9.78. The van der Waals surface area contributed by atoms with Gasteiger partial charge in [0.15, 0.2) is 0 Å². The van der Waals surface area contributed by atoms with Crippen LogP contribution in [0.3, 0.4) is 0 Å². The fourth-order valence-electron chi connectivity index (χ4n) is 3.05. The summed E-state index contributed by atoms with van der Waals surface area (Å²) < 4.78 is 5.32. The predicted molar refractivity (Wildman–Crippen MR) is 74.4 cm³/mol. The summed E-state index contributed by atoms with van der Waals surface area (Å²) in [5, 5.41) is 9.30. The fourth-order valence-corrected chi connectivity index (χ4v) is 3.05. The normalized spacial score (nSPS) is 27.2. The summed E-state index contributed by atoms with van der Waals surface area (Å²) in [6.45, 7) is 5.90. The first-order valence-electron chi connectivity index (χ1n) is 7.48. The number of hydrogen-bond donors (Lipinski definition) is 1. The first kappa shape index (κ1) is 15.1. The van der Waals surface area contributed by atoms with E-state index in [1.807, 2.05) is 0 Å². The highest BCUT2D eigenvalue weighted by molar-refractivity contribution is 5.81. The molecule has 0 aromatic carbocycles. The number of aliphatic carboxylic acids is 1. The Balaban J connectivity index is 1.97. The number of hydrogen-bond acceptors (Lipinski definition) is 3. The van der Waals surface area contributed by atoms with Crippen LogP contribution in [0.5, 0.6) is 0 Å². The molecule has 5 nitrogen and oxygen atoms in total. The minimum atomic E-state index is -0.924. The van der Waals surface area contributed by atoms with Gasteiger partial charge in [-0.1, -0.05) is 19.3 Å². The summed E-state index contributed by atoms with van der Waals surface area (Å²) in [7, 11) is 0. The van der Waals surface area contributed by atoms with E-state index in [1.54, 1.807) is 20.8 Å². The second-order valence-electron chi connectivity index (χ2n) is 7.12. The largest absolute Gasteiger partial charge is 0.480 e. The molecular weight excluding hydrogens is 258 g/mol. The van der Waals surface area contributed by atoms with Crippen molar-refractivity contribution in [2.75, 3.05) is 6.54 Å². The Labute approximate surface area is 120 Å². The summed E-state index contributed by atoms with van der Waals surface area (Å²) in [5.74, 6) is 0.105. The van der Waals surface area contributed by atoms with Crippen LogP contribution in [-0.4, -0.2) is 40.3 Å². The Bertz CT molecular complexity index is 384. The quantitative estimate of drug-likeness (QED) is 0.864. The van der Waals surface area contributed by atoms with Gasteiger partial charge in [-0.2, -0.15) is 0 Å². The summed E-state index contributed by atoms with van der Waals surface area (Å²) in [4.78, 5) is 24.9. The molecule has 1 amide bonds. The molecule has 0 radical (unpaired) electrons. The van der Waals surface area contributed by atoms with Gasteiger partial charge in [0.25, 0.3) is 0 Å². The number of nitrogens with zero attached hydrogens (tertiary/aromatic N) is 1. The van der Waals surface area contributed by atoms with Crippen LogP contribution < -0.4 is 0 Å². The molecule has 0 aromatic rings. The number of carbonyl (C=O) groups is 2. The van der Waals surface area contributed by atoms with Crippen molar-refractivity contribution in [3.05, 3.63) is 0 Å². The van der Waals surface area contributed by atoms with Gasteiger partial charge < -0.3 is 9.84 Å². The van der Waals surface area contributed by atoms with Gasteiger partial charge >= 0.3 is 12.1 Å². The number of carboxylic acids is 1. The molecule has 2 fully saturated rings. The van der Waals surface area contributed by atoms with E-state index >= 15 is 0 Å². The molecule has 114 valence electrons. The van der Waals surface area contributed by atoms with Gasteiger partial charge in [0.1, 0.15) is 11.6 Å². The van der Waals surface area contributed by atoms with E-state index in [-0.39, 0.29) is 0 Å². The van der Waals surface area contributed by atoms with Crippen molar-refractivity contribution < 1.29 is 19.4 Å². The third-order valence-corrected chi connectivity index (χ3v) is 4.19. The maximum Gasteiger partial charge on any atom is 0.411 e. The van der Waals surface area contributed by atoms with Crippen LogP contribution >= 0.6 is 0 Å². The van der Waals surface area contributed by atoms with Gasteiger partial charge in [0.05, 0.1) is 0 Å². The SMILES string of the molecule is CC(C)(C)OC(=O)N1CC(CC2CCC2)CC1C(=O)O. The Hall–Kier alpha value is -1.26. The van der Waals surface area contributed by atoms with Crippen molar-refractivity contribution in [3.63, 3.8) is 0 Å². The molecule has 1 heterocycles. The standard InChI is InChI=1S/C15H25NO4/c1-15(2,3)20-14(19)16-9-11(7-10-5-4-6-10)8-12(16)13(17)18/h10-12H,4-9H2,1-3H3,(H,17,18). The van der Waals surface area contributed by atoms with Crippen molar-refractivity contribution in [3.8, 4) is 0 Å². The molecule has 2 unspecified atom stereocenters. The molecule has 0 aromatic heterocycles. The molecule has 1 N–H and O–H groups in total. The van der Waals surface area contributed by atoms with Crippen molar-refractivity contribution >= 4 is 12.1 Å². The molecule has 0 bridgehead atoms. The fraction of sp³-hybridized carbons (Fsp3) is 0.867. The number of ether oxygens (including phenoxy) is 1. The van der Waals surface area contributed by atoms with Crippen molar-refractivity contribution in [2.45, 2.75) is 64.5 Å². The Morgan fingerprint density at radius 3 is 2.35 bits per heavy atom. The number of carboxylic acid groups (broad SMARTS) is 1. The lowest BCUT2D eigenvalue weighted by Crippen LogP contribution is -2.43. The highest BCUT2D eigenvalue weighted by Gasteiger charge is 2.42. The summed E-state index contributed by atoms with van der Waals surface area (Å²) in [5.41, 5.74) is -0.591. The lowest BCUT2D eigenvalue weighted by Gasteiger charge is -2.28. The van der Waals surface area contributed by atoms with Crippen LogP contribution in [0.25, 0.3) is 0 Å².